The number of rotatable bonds is 4. The Hall–Kier alpha value is -0.610. The third-order valence-electron chi connectivity index (χ3n) is 1.61. The van der Waals surface area contributed by atoms with Gasteiger partial charge in [-0.2, -0.15) is 0 Å². The highest BCUT2D eigenvalue weighted by Gasteiger charge is 2.30. The zero-order chi connectivity index (χ0) is 8.20. The summed E-state index contributed by atoms with van der Waals surface area (Å²) in [6.45, 7) is 1.50. The van der Waals surface area contributed by atoms with Gasteiger partial charge in [-0.1, -0.05) is 6.92 Å². The quantitative estimate of drug-likeness (QED) is 0.503. The molecular weight excluding hydrogens is 134 g/mol. The Morgan fingerprint density at radius 1 is 1.70 bits per heavy atom. The van der Waals surface area contributed by atoms with Gasteiger partial charge in [0.2, 0.25) is 0 Å². The predicted molar refractivity (Wildman–Crippen MR) is 36.5 cm³/mol. The molecule has 4 N–H and O–H groups in total. The first-order valence-corrected chi connectivity index (χ1v) is 3.20. The zero-order valence-electron chi connectivity index (χ0n) is 6.00. The number of aliphatic hydroxyl groups is 1. The first-order valence-electron chi connectivity index (χ1n) is 3.20. The van der Waals surface area contributed by atoms with Crippen molar-refractivity contribution in [1.82, 2.24) is 0 Å². The van der Waals surface area contributed by atoms with Crippen LogP contribution in [0.5, 0.6) is 0 Å². The van der Waals surface area contributed by atoms with Gasteiger partial charge in [-0.25, -0.2) is 0 Å². The highest BCUT2D eigenvalue weighted by atomic mass is 16.4. The molecule has 0 aliphatic heterocycles. The highest BCUT2D eigenvalue weighted by Crippen LogP contribution is 2.10. The minimum absolute atomic E-state index is 0.110. The summed E-state index contributed by atoms with van der Waals surface area (Å²) in [5.74, 6) is -1.05. The van der Waals surface area contributed by atoms with E-state index in [1.54, 1.807) is 6.92 Å². The molecule has 0 fully saturated rings. The summed E-state index contributed by atoms with van der Waals surface area (Å²) in [4.78, 5) is 10.4. The molecule has 0 spiro atoms. The van der Waals surface area contributed by atoms with Gasteiger partial charge in [0.05, 0.1) is 0 Å². The lowest BCUT2D eigenvalue weighted by Gasteiger charge is -2.20. The van der Waals surface area contributed by atoms with Crippen LogP contribution in [0, 0.1) is 0 Å². The van der Waals surface area contributed by atoms with Gasteiger partial charge in [-0.05, 0) is 12.8 Å². The van der Waals surface area contributed by atoms with Crippen LogP contribution in [0.15, 0.2) is 0 Å². The Kier molecular flexibility index (Phi) is 3.32. The number of hydrogen-bond acceptors (Lipinski definition) is 3. The van der Waals surface area contributed by atoms with Gasteiger partial charge >= 0.3 is 5.97 Å². The summed E-state index contributed by atoms with van der Waals surface area (Å²) >= 11 is 0. The van der Waals surface area contributed by atoms with Crippen molar-refractivity contribution in [2.45, 2.75) is 25.3 Å². The van der Waals surface area contributed by atoms with Gasteiger partial charge in [0.15, 0.2) is 0 Å². The monoisotopic (exact) mass is 147 g/mol. The number of carboxylic acid groups (broad SMARTS) is 1. The highest BCUT2D eigenvalue weighted by molar-refractivity contribution is 5.78. The second kappa shape index (κ2) is 3.53. The number of carbonyl (C=O) groups is 1. The Labute approximate surface area is 59.7 Å². The summed E-state index contributed by atoms with van der Waals surface area (Å²) in [6, 6.07) is 0. The maximum atomic E-state index is 10.4. The molecule has 0 bridgehead atoms. The smallest absolute Gasteiger partial charge is 0.323 e. The van der Waals surface area contributed by atoms with Crippen molar-refractivity contribution in [2.75, 3.05) is 6.61 Å². The molecule has 0 aliphatic carbocycles. The van der Waals surface area contributed by atoms with Crippen LogP contribution < -0.4 is 5.73 Å². The van der Waals surface area contributed by atoms with Crippen molar-refractivity contribution in [2.24, 2.45) is 5.73 Å². The zero-order valence-corrected chi connectivity index (χ0v) is 6.00. The first-order chi connectivity index (χ1) is 4.56. The molecule has 4 heteroatoms. The van der Waals surface area contributed by atoms with Crippen LogP contribution in [0.1, 0.15) is 19.8 Å². The van der Waals surface area contributed by atoms with Gasteiger partial charge in [0.1, 0.15) is 5.54 Å². The maximum absolute atomic E-state index is 10.4. The fourth-order valence-electron chi connectivity index (χ4n) is 0.634. The maximum Gasteiger partial charge on any atom is 0.323 e. The lowest BCUT2D eigenvalue weighted by Crippen LogP contribution is -2.48. The van der Waals surface area contributed by atoms with E-state index in [0.29, 0.717) is 6.42 Å². The number of aliphatic hydroxyl groups excluding tert-OH is 1. The fourth-order valence-corrected chi connectivity index (χ4v) is 0.634. The molecule has 10 heavy (non-hydrogen) atoms. The molecule has 60 valence electrons. The summed E-state index contributed by atoms with van der Waals surface area (Å²) in [6.07, 6.45) is 0.446. The van der Waals surface area contributed by atoms with Crippen molar-refractivity contribution < 1.29 is 15.0 Å². The molecule has 0 heterocycles. The van der Waals surface area contributed by atoms with Gasteiger partial charge in [-0.15, -0.1) is 0 Å². The molecule has 1 unspecified atom stereocenters. The molecule has 0 amide bonds. The minimum atomic E-state index is -1.24. The van der Waals surface area contributed by atoms with E-state index in [0.717, 1.165) is 0 Å². The van der Waals surface area contributed by atoms with Crippen molar-refractivity contribution in [3.8, 4) is 0 Å². The van der Waals surface area contributed by atoms with Crippen LogP contribution in [0.25, 0.3) is 0 Å². The predicted octanol–water partition coefficient (Wildman–Crippen LogP) is -0.439. The van der Waals surface area contributed by atoms with Crippen molar-refractivity contribution in [3.63, 3.8) is 0 Å². The van der Waals surface area contributed by atoms with Crippen LogP contribution in [-0.4, -0.2) is 28.3 Å². The standard InChI is InChI=1S/C6H13NO3/c1-2-6(7,3-4-8)5(9)10/h8H,2-4,7H2,1H3,(H,9,10). The topological polar surface area (TPSA) is 83.5 Å². The molecule has 0 saturated heterocycles. The van der Waals surface area contributed by atoms with Crippen molar-refractivity contribution in [3.05, 3.63) is 0 Å². The number of aliphatic carboxylic acids is 1. The van der Waals surface area contributed by atoms with Gasteiger partial charge in [0, 0.05) is 6.61 Å². The third-order valence-corrected chi connectivity index (χ3v) is 1.61. The number of carboxylic acids is 1. The van der Waals surface area contributed by atoms with E-state index in [-0.39, 0.29) is 13.0 Å². The second-order valence-electron chi connectivity index (χ2n) is 2.29. The molecule has 0 aromatic heterocycles. The van der Waals surface area contributed by atoms with Crippen LogP contribution in [0.2, 0.25) is 0 Å². The summed E-state index contributed by atoms with van der Waals surface area (Å²) in [5, 5.41) is 17.0. The van der Waals surface area contributed by atoms with E-state index < -0.39 is 11.5 Å². The summed E-state index contributed by atoms with van der Waals surface area (Å²) in [7, 11) is 0. The van der Waals surface area contributed by atoms with Crippen molar-refractivity contribution >= 4 is 5.97 Å². The molecular formula is C6H13NO3. The van der Waals surface area contributed by atoms with Crippen molar-refractivity contribution in [1.29, 1.82) is 0 Å². The summed E-state index contributed by atoms with van der Waals surface area (Å²) < 4.78 is 0. The van der Waals surface area contributed by atoms with Crippen LogP contribution in [0.4, 0.5) is 0 Å². The van der Waals surface area contributed by atoms with E-state index in [1.165, 1.54) is 0 Å². The van der Waals surface area contributed by atoms with E-state index in [1.807, 2.05) is 0 Å². The molecule has 0 rings (SSSR count). The lowest BCUT2D eigenvalue weighted by molar-refractivity contribution is -0.144. The molecule has 0 aromatic rings. The van der Waals surface area contributed by atoms with E-state index in [4.69, 9.17) is 15.9 Å². The molecule has 4 nitrogen and oxygen atoms in total. The average Bonchev–Trinajstić information content (AvgIpc) is 1.88. The van der Waals surface area contributed by atoms with Crippen LogP contribution in [-0.2, 0) is 4.79 Å². The fraction of sp³-hybridized carbons (Fsp3) is 0.833. The van der Waals surface area contributed by atoms with Gasteiger partial charge in [0.25, 0.3) is 0 Å². The average molecular weight is 147 g/mol. The van der Waals surface area contributed by atoms with Crippen LogP contribution >= 0.6 is 0 Å². The Bertz CT molecular complexity index is 126. The Morgan fingerprint density at radius 2 is 2.20 bits per heavy atom. The second-order valence-corrected chi connectivity index (χ2v) is 2.29. The number of hydrogen-bond donors (Lipinski definition) is 3. The molecule has 0 saturated carbocycles. The largest absolute Gasteiger partial charge is 0.480 e. The SMILES string of the molecule is CCC(N)(CCO)C(=O)O. The van der Waals surface area contributed by atoms with Gasteiger partial charge < -0.3 is 15.9 Å². The molecule has 0 aliphatic rings. The third kappa shape index (κ3) is 1.97. The lowest BCUT2D eigenvalue weighted by atomic mass is 9.94. The van der Waals surface area contributed by atoms with Gasteiger partial charge in [-0.3, -0.25) is 4.79 Å². The summed E-state index contributed by atoms with van der Waals surface area (Å²) in [5.41, 5.74) is 4.15. The van der Waals surface area contributed by atoms with E-state index >= 15 is 0 Å². The Balaban J connectivity index is 4.08. The number of nitrogens with two attached hydrogens (primary N) is 1. The van der Waals surface area contributed by atoms with E-state index in [9.17, 15) is 4.79 Å². The molecule has 0 radical (unpaired) electrons. The normalized spacial score (nSPS) is 16.3. The molecule has 1 atom stereocenters. The molecule has 0 aromatic carbocycles. The van der Waals surface area contributed by atoms with Crippen LogP contribution in [0.3, 0.4) is 0 Å². The Morgan fingerprint density at radius 3 is 2.30 bits per heavy atom. The van der Waals surface area contributed by atoms with E-state index in [2.05, 4.69) is 0 Å². The minimum Gasteiger partial charge on any atom is -0.480 e. The first kappa shape index (κ1) is 9.39.